The summed E-state index contributed by atoms with van der Waals surface area (Å²) in [7, 11) is 0. The molecule has 3 N–H and O–H groups in total. The summed E-state index contributed by atoms with van der Waals surface area (Å²) in [5.41, 5.74) is 4.27. The monoisotopic (exact) mass is 531 g/mol. The average molecular weight is 532 g/mol. The smallest absolute Gasteiger partial charge is 0.253 e. The summed E-state index contributed by atoms with van der Waals surface area (Å²) >= 11 is 1.56. The van der Waals surface area contributed by atoms with E-state index >= 15 is 0 Å². The van der Waals surface area contributed by atoms with Gasteiger partial charge < -0.3 is 19.9 Å². The van der Waals surface area contributed by atoms with E-state index in [1.54, 1.807) is 36.3 Å². The lowest BCUT2D eigenvalue weighted by atomic mass is 9.91. The van der Waals surface area contributed by atoms with Crippen molar-refractivity contribution in [2.24, 2.45) is 5.92 Å². The van der Waals surface area contributed by atoms with Gasteiger partial charge >= 0.3 is 0 Å². The minimum atomic E-state index is -0.562. The average Bonchev–Trinajstić information content (AvgIpc) is 3.50. The molecular weight excluding hydrogens is 502 g/mol. The second-order valence-corrected chi connectivity index (χ2v) is 10.1. The van der Waals surface area contributed by atoms with Crippen LogP contribution in [0.1, 0.15) is 51.9 Å². The Kier molecular flexibility index (Phi) is 8.44. The number of rotatable bonds is 9. The van der Waals surface area contributed by atoms with Crippen LogP contribution in [-0.4, -0.2) is 43.0 Å². The number of pyridine rings is 1. The Morgan fingerprint density at radius 1 is 1.05 bits per heavy atom. The number of aromatic amines is 1. The molecule has 3 heterocycles. The first-order valence-corrected chi connectivity index (χ1v) is 13.3. The number of carbonyl (C=O) groups excluding carboxylic acids is 1. The second-order valence-electron chi connectivity index (χ2n) is 9.09. The first-order valence-electron chi connectivity index (χ1n) is 12.4. The van der Waals surface area contributed by atoms with Gasteiger partial charge in [-0.1, -0.05) is 67.2 Å². The lowest BCUT2D eigenvalue weighted by Gasteiger charge is -2.41. The minimum Gasteiger partial charge on any atom is -0.392 e. The summed E-state index contributed by atoms with van der Waals surface area (Å²) in [5, 5.41) is 19.9. The van der Waals surface area contributed by atoms with Crippen LogP contribution in [0.15, 0.2) is 84.5 Å². The molecule has 0 bridgehead atoms. The van der Waals surface area contributed by atoms with Crippen LogP contribution in [0, 0.1) is 5.92 Å². The summed E-state index contributed by atoms with van der Waals surface area (Å²) in [5.74, 6) is 0.584. The van der Waals surface area contributed by atoms with Crippen LogP contribution >= 0.6 is 11.8 Å². The van der Waals surface area contributed by atoms with Gasteiger partial charge in [0.2, 0.25) is 0 Å². The Morgan fingerprint density at radius 3 is 2.50 bits per heavy atom. The second kappa shape index (κ2) is 12.3. The number of ether oxygens (including phenoxy) is 2. The standard InChI is InChI=1S/C28H29N5O4S/c1-18-24(16-38-28-31-17-32-33-28)36-27(37-25(18)21-8-6-20(15-34)7-9-21)22-10-4-19(5-11-22)13-30-26(35)23-3-2-12-29-14-23/h2-12,14,17-18,24-25,27,34H,13,15-16H2,1H3,(H,30,35)(H,31,32,33)/t18-,24+,25+,27+/m0/s1. The first kappa shape index (κ1) is 26.1. The molecule has 2 aromatic carbocycles. The van der Waals surface area contributed by atoms with Crippen LogP contribution < -0.4 is 5.32 Å². The highest BCUT2D eigenvalue weighted by Crippen LogP contribution is 2.42. The number of H-pyrrole nitrogens is 1. The summed E-state index contributed by atoms with van der Waals surface area (Å²) in [4.78, 5) is 20.5. The largest absolute Gasteiger partial charge is 0.392 e. The van der Waals surface area contributed by atoms with Crippen LogP contribution in [0.2, 0.25) is 0 Å². The molecule has 1 amide bonds. The summed E-state index contributed by atoms with van der Waals surface area (Å²) < 4.78 is 13.0. The highest BCUT2D eigenvalue weighted by atomic mass is 32.2. The molecule has 0 unspecified atom stereocenters. The molecule has 0 radical (unpaired) electrons. The van der Waals surface area contributed by atoms with Crippen LogP contribution in [0.3, 0.4) is 0 Å². The molecule has 0 saturated carbocycles. The SMILES string of the molecule is C[C@H]1[C@@H](CSc2ncn[nH]2)O[C@@H](c2ccc(CNC(=O)c3cccnc3)cc2)O[C@H]1c1ccc(CO)cc1. The maximum atomic E-state index is 12.3. The molecule has 1 aliphatic rings. The molecule has 1 fully saturated rings. The zero-order valence-corrected chi connectivity index (χ0v) is 21.7. The van der Waals surface area contributed by atoms with E-state index in [2.05, 4.69) is 32.4 Å². The van der Waals surface area contributed by atoms with Crippen LogP contribution in [-0.2, 0) is 22.6 Å². The maximum Gasteiger partial charge on any atom is 0.253 e. The molecule has 0 spiro atoms. The molecule has 9 nitrogen and oxygen atoms in total. The predicted octanol–water partition coefficient (Wildman–Crippen LogP) is 4.21. The fourth-order valence-electron chi connectivity index (χ4n) is 4.31. The number of aromatic nitrogens is 4. The van der Waals surface area contributed by atoms with Crippen LogP contribution in [0.5, 0.6) is 0 Å². The number of nitrogens with zero attached hydrogens (tertiary/aromatic N) is 3. The minimum absolute atomic E-state index is 0.00141. The van der Waals surface area contributed by atoms with Crippen molar-refractivity contribution < 1.29 is 19.4 Å². The Labute approximate surface area is 225 Å². The van der Waals surface area contributed by atoms with Crippen molar-refractivity contribution in [3.63, 3.8) is 0 Å². The molecule has 4 atom stereocenters. The van der Waals surface area contributed by atoms with Gasteiger partial charge in [-0.15, -0.1) is 0 Å². The Morgan fingerprint density at radius 2 is 1.82 bits per heavy atom. The van der Waals surface area contributed by atoms with Gasteiger partial charge in [0.15, 0.2) is 11.4 Å². The van der Waals surface area contributed by atoms with Gasteiger partial charge in [0, 0.05) is 36.2 Å². The van der Waals surface area contributed by atoms with Gasteiger partial charge in [-0.2, -0.15) is 5.10 Å². The number of aliphatic hydroxyl groups excluding tert-OH is 1. The fourth-order valence-corrected chi connectivity index (χ4v) is 5.25. The van der Waals surface area contributed by atoms with E-state index in [0.29, 0.717) is 17.9 Å². The van der Waals surface area contributed by atoms with Gasteiger partial charge in [0.25, 0.3) is 5.91 Å². The third-order valence-corrected chi connectivity index (χ3v) is 7.49. The van der Waals surface area contributed by atoms with Crippen molar-refractivity contribution in [3.8, 4) is 0 Å². The molecule has 38 heavy (non-hydrogen) atoms. The van der Waals surface area contributed by atoms with E-state index in [4.69, 9.17) is 9.47 Å². The Bertz CT molecular complexity index is 1300. The first-order chi connectivity index (χ1) is 18.6. The van der Waals surface area contributed by atoms with Crippen LogP contribution in [0.25, 0.3) is 0 Å². The number of carbonyl (C=O) groups is 1. The van der Waals surface area contributed by atoms with Gasteiger partial charge in [0.1, 0.15) is 6.33 Å². The summed E-state index contributed by atoms with van der Waals surface area (Å²) in [6.07, 6.45) is 3.81. The maximum absolute atomic E-state index is 12.3. The van der Waals surface area contributed by atoms with Crippen LogP contribution in [0.4, 0.5) is 0 Å². The van der Waals surface area contributed by atoms with E-state index in [1.165, 1.54) is 6.33 Å². The highest BCUT2D eigenvalue weighted by Gasteiger charge is 2.38. The van der Waals surface area contributed by atoms with E-state index in [9.17, 15) is 9.90 Å². The fraction of sp³-hybridized carbons (Fsp3) is 0.286. The van der Waals surface area contributed by atoms with Gasteiger partial charge in [-0.25, -0.2) is 4.98 Å². The molecule has 196 valence electrons. The van der Waals surface area contributed by atoms with Crippen molar-refractivity contribution in [1.29, 1.82) is 0 Å². The number of hydrogen-bond donors (Lipinski definition) is 3. The Hall–Kier alpha value is -3.57. The topological polar surface area (TPSA) is 122 Å². The third kappa shape index (κ3) is 6.28. The number of benzene rings is 2. The molecule has 5 rings (SSSR count). The normalized spacial score (nSPS) is 21.2. The molecule has 2 aromatic heterocycles. The molecule has 1 saturated heterocycles. The molecular formula is C28H29N5O4S. The van der Waals surface area contributed by atoms with Crippen molar-refractivity contribution >= 4 is 17.7 Å². The third-order valence-electron chi connectivity index (χ3n) is 6.53. The quantitative estimate of drug-likeness (QED) is 0.275. The molecule has 0 aliphatic carbocycles. The van der Waals surface area contributed by atoms with E-state index in [0.717, 1.165) is 27.4 Å². The lowest BCUT2D eigenvalue weighted by Crippen LogP contribution is -2.38. The lowest BCUT2D eigenvalue weighted by molar-refractivity contribution is -0.268. The summed E-state index contributed by atoms with van der Waals surface area (Å²) in [6, 6.07) is 19.2. The number of hydrogen-bond acceptors (Lipinski definition) is 8. The molecule has 10 heteroatoms. The zero-order chi connectivity index (χ0) is 26.3. The predicted molar refractivity (Wildman–Crippen MR) is 142 cm³/mol. The van der Waals surface area contributed by atoms with E-state index in [-0.39, 0.29) is 30.6 Å². The summed E-state index contributed by atoms with van der Waals surface area (Å²) in [6.45, 7) is 2.52. The van der Waals surface area contributed by atoms with E-state index < -0.39 is 6.29 Å². The number of nitrogens with one attached hydrogen (secondary N) is 2. The van der Waals surface area contributed by atoms with Gasteiger partial charge in [0.05, 0.1) is 24.4 Å². The number of amides is 1. The van der Waals surface area contributed by atoms with Crippen molar-refractivity contribution in [2.45, 2.75) is 43.7 Å². The van der Waals surface area contributed by atoms with Crippen molar-refractivity contribution in [2.75, 3.05) is 5.75 Å². The van der Waals surface area contributed by atoms with Crippen molar-refractivity contribution in [3.05, 3.63) is 107 Å². The zero-order valence-electron chi connectivity index (χ0n) is 20.9. The van der Waals surface area contributed by atoms with Gasteiger partial charge in [-0.3, -0.25) is 14.9 Å². The Balaban J connectivity index is 1.29. The number of thioether (sulfide) groups is 1. The van der Waals surface area contributed by atoms with Gasteiger partial charge in [-0.05, 0) is 28.8 Å². The molecule has 4 aromatic rings. The van der Waals surface area contributed by atoms with E-state index in [1.807, 2.05) is 48.5 Å². The highest BCUT2D eigenvalue weighted by molar-refractivity contribution is 7.99. The molecule has 1 aliphatic heterocycles. The van der Waals surface area contributed by atoms with Crippen molar-refractivity contribution in [1.82, 2.24) is 25.5 Å². The number of aliphatic hydroxyl groups is 1.